The molecule has 0 spiro atoms. The number of aryl methyl sites for hydroxylation is 1. The summed E-state index contributed by atoms with van der Waals surface area (Å²) in [5.74, 6) is -0.445. The number of halogens is 1. The molecule has 7 heteroatoms. The lowest BCUT2D eigenvalue weighted by Gasteiger charge is -2.32. The van der Waals surface area contributed by atoms with Crippen LogP contribution in [0.3, 0.4) is 0 Å². The SMILES string of the molecule is Cc1ccc(S(=O)(=O)Cc2[nH]c3ccc(F)cc3c2CN2CCN(C)CC2)cc1. The molecule has 1 fully saturated rings. The second-order valence-electron chi connectivity index (χ2n) is 7.92. The van der Waals surface area contributed by atoms with Crippen molar-refractivity contribution in [3.63, 3.8) is 0 Å². The Bertz CT molecular complexity index is 1110. The number of fused-ring (bicyclic) bond motifs is 1. The Kier molecular flexibility index (Phi) is 5.46. The van der Waals surface area contributed by atoms with Crippen molar-refractivity contribution >= 4 is 20.7 Å². The minimum absolute atomic E-state index is 0.130. The van der Waals surface area contributed by atoms with E-state index in [9.17, 15) is 12.8 Å². The van der Waals surface area contributed by atoms with Crippen LogP contribution in [0.15, 0.2) is 47.4 Å². The highest BCUT2D eigenvalue weighted by Gasteiger charge is 2.23. The summed E-state index contributed by atoms with van der Waals surface area (Å²) in [5, 5.41) is 0.762. The number of sulfone groups is 1. The van der Waals surface area contributed by atoms with Crippen molar-refractivity contribution in [1.82, 2.24) is 14.8 Å². The van der Waals surface area contributed by atoms with E-state index in [-0.39, 0.29) is 11.6 Å². The molecule has 0 bridgehead atoms. The van der Waals surface area contributed by atoms with E-state index in [2.05, 4.69) is 21.8 Å². The molecule has 0 atom stereocenters. The molecular formula is C22H26FN3O2S. The summed E-state index contributed by atoms with van der Waals surface area (Å²) in [6.45, 7) is 6.28. The van der Waals surface area contributed by atoms with Crippen LogP contribution in [-0.2, 0) is 22.1 Å². The Labute approximate surface area is 171 Å². The Morgan fingerprint density at radius 1 is 1.03 bits per heavy atom. The Morgan fingerprint density at radius 3 is 2.41 bits per heavy atom. The molecule has 3 aromatic rings. The molecule has 2 aromatic carbocycles. The van der Waals surface area contributed by atoms with E-state index >= 15 is 0 Å². The average molecular weight is 416 g/mol. The first-order valence-corrected chi connectivity index (χ1v) is 11.5. The quantitative estimate of drug-likeness (QED) is 0.695. The number of H-pyrrole nitrogens is 1. The van der Waals surface area contributed by atoms with Gasteiger partial charge in [0.05, 0.1) is 10.6 Å². The van der Waals surface area contributed by atoms with Crippen LogP contribution >= 0.6 is 0 Å². The van der Waals surface area contributed by atoms with Gasteiger partial charge in [-0.3, -0.25) is 4.90 Å². The van der Waals surface area contributed by atoms with Gasteiger partial charge in [0.1, 0.15) is 5.82 Å². The molecule has 1 N–H and O–H groups in total. The van der Waals surface area contributed by atoms with Gasteiger partial charge in [-0.25, -0.2) is 12.8 Å². The van der Waals surface area contributed by atoms with Gasteiger partial charge in [0.25, 0.3) is 0 Å². The summed E-state index contributed by atoms with van der Waals surface area (Å²) in [6.07, 6.45) is 0. The van der Waals surface area contributed by atoms with Crippen LogP contribution in [0.2, 0.25) is 0 Å². The van der Waals surface area contributed by atoms with Gasteiger partial charge in [-0.05, 0) is 49.9 Å². The van der Waals surface area contributed by atoms with Gasteiger partial charge in [-0.1, -0.05) is 17.7 Å². The van der Waals surface area contributed by atoms with Gasteiger partial charge in [-0.2, -0.15) is 0 Å². The Hall–Kier alpha value is -2.22. The smallest absolute Gasteiger partial charge is 0.183 e. The number of nitrogens with one attached hydrogen (secondary N) is 1. The lowest BCUT2D eigenvalue weighted by atomic mass is 10.1. The number of hydrogen-bond acceptors (Lipinski definition) is 4. The number of benzene rings is 2. The van der Waals surface area contributed by atoms with Gasteiger partial charge >= 0.3 is 0 Å². The first-order chi connectivity index (χ1) is 13.8. The largest absolute Gasteiger partial charge is 0.357 e. The van der Waals surface area contributed by atoms with Crippen LogP contribution in [0.1, 0.15) is 16.8 Å². The van der Waals surface area contributed by atoms with Crippen LogP contribution in [0.25, 0.3) is 10.9 Å². The number of nitrogens with zero attached hydrogens (tertiary/aromatic N) is 2. The molecule has 5 nitrogen and oxygen atoms in total. The Morgan fingerprint density at radius 2 is 1.72 bits per heavy atom. The normalized spacial score (nSPS) is 16.5. The molecular weight excluding hydrogens is 389 g/mol. The number of rotatable bonds is 5. The van der Waals surface area contributed by atoms with Gasteiger partial charge in [0, 0.05) is 49.3 Å². The molecule has 0 aliphatic carbocycles. The van der Waals surface area contributed by atoms with E-state index in [0.29, 0.717) is 17.1 Å². The maximum absolute atomic E-state index is 13.9. The lowest BCUT2D eigenvalue weighted by molar-refractivity contribution is 0.148. The van der Waals surface area contributed by atoms with Crippen LogP contribution in [0.4, 0.5) is 4.39 Å². The number of aromatic amines is 1. The molecule has 1 aliphatic heterocycles. The minimum atomic E-state index is -3.51. The number of aromatic nitrogens is 1. The van der Waals surface area contributed by atoms with Crippen LogP contribution in [0.5, 0.6) is 0 Å². The third-order valence-electron chi connectivity index (χ3n) is 5.65. The van der Waals surface area contributed by atoms with Crippen LogP contribution in [0, 0.1) is 12.7 Å². The van der Waals surface area contributed by atoms with E-state index in [1.54, 1.807) is 30.3 Å². The van der Waals surface area contributed by atoms with E-state index in [0.717, 1.165) is 48.2 Å². The number of likely N-dealkylation sites (N-methyl/N-ethyl adjacent to an activating group) is 1. The predicted octanol–water partition coefficient (Wildman–Crippen LogP) is 3.34. The fourth-order valence-corrected chi connectivity index (χ4v) is 5.17. The van der Waals surface area contributed by atoms with Gasteiger partial charge < -0.3 is 9.88 Å². The number of piperazine rings is 1. The zero-order chi connectivity index (χ0) is 20.6. The van der Waals surface area contributed by atoms with Crippen LogP contribution < -0.4 is 0 Å². The molecule has 1 aliphatic rings. The fourth-order valence-electron chi connectivity index (χ4n) is 3.83. The van der Waals surface area contributed by atoms with Crippen LogP contribution in [-0.4, -0.2) is 56.4 Å². The van der Waals surface area contributed by atoms with Crippen molar-refractivity contribution in [3.8, 4) is 0 Å². The van der Waals surface area contributed by atoms with E-state index < -0.39 is 9.84 Å². The Balaban J connectivity index is 1.70. The van der Waals surface area contributed by atoms with Crippen molar-refractivity contribution in [2.75, 3.05) is 33.2 Å². The standard InChI is InChI=1S/C22H26FN3O2S/c1-16-3-6-18(7-4-16)29(27,28)15-22-20(14-26-11-9-25(2)10-12-26)19-13-17(23)5-8-21(19)24-22/h3-8,13,24H,9-12,14-15H2,1-2H3. The molecule has 4 rings (SSSR count). The third kappa shape index (κ3) is 4.37. The minimum Gasteiger partial charge on any atom is -0.357 e. The molecule has 29 heavy (non-hydrogen) atoms. The first-order valence-electron chi connectivity index (χ1n) is 9.81. The topological polar surface area (TPSA) is 56.4 Å². The van der Waals surface area contributed by atoms with Crippen molar-refractivity contribution < 1.29 is 12.8 Å². The zero-order valence-electron chi connectivity index (χ0n) is 16.8. The second-order valence-corrected chi connectivity index (χ2v) is 9.91. The highest BCUT2D eigenvalue weighted by atomic mass is 32.2. The van der Waals surface area contributed by atoms with Crippen molar-refractivity contribution in [1.29, 1.82) is 0 Å². The van der Waals surface area contributed by atoms with Gasteiger partial charge in [-0.15, -0.1) is 0 Å². The summed E-state index contributed by atoms with van der Waals surface area (Å²) >= 11 is 0. The predicted molar refractivity (Wildman–Crippen MR) is 113 cm³/mol. The third-order valence-corrected chi connectivity index (χ3v) is 7.31. The van der Waals surface area contributed by atoms with E-state index in [4.69, 9.17) is 0 Å². The second kappa shape index (κ2) is 7.89. The van der Waals surface area contributed by atoms with Crippen molar-refractivity contribution in [2.45, 2.75) is 24.1 Å². The summed E-state index contributed by atoms with van der Waals surface area (Å²) in [4.78, 5) is 8.12. The van der Waals surface area contributed by atoms with Crippen molar-refractivity contribution in [2.24, 2.45) is 0 Å². The molecule has 2 heterocycles. The molecule has 0 saturated carbocycles. The highest BCUT2D eigenvalue weighted by molar-refractivity contribution is 7.90. The lowest BCUT2D eigenvalue weighted by Crippen LogP contribution is -2.44. The maximum Gasteiger partial charge on any atom is 0.183 e. The maximum atomic E-state index is 13.9. The fraction of sp³-hybridized carbons (Fsp3) is 0.364. The zero-order valence-corrected chi connectivity index (χ0v) is 17.6. The van der Waals surface area contributed by atoms with E-state index in [1.165, 1.54) is 12.1 Å². The highest BCUT2D eigenvalue weighted by Crippen LogP contribution is 2.28. The molecule has 0 radical (unpaired) electrons. The molecule has 0 amide bonds. The monoisotopic (exact) mass is 415 g/mol. The first kappa shape index (κ1) is 20.1. The van der Waals surface area contributed by atoms with Gasteiger partial charge in [0.15, 0.2) is 9.84 Å². The summed E-state index contributed by atoms with van der Waals surface area (Å²) < 4.78 is 40.0. The summed E-state index contributed by atoms with van der Waals surface area (Å²) in [6, 6.07) is 11.5. The molecule has 1 saturated heterocycles. The summed E-state index contributed by atoms with van der Waals surface area (Å²) in [5.41, 5.74) is 3.30. The van der Waals surface area contributed by atoms with Gasteiger partial charge in [0.2, 0.25) is 0 Å². The van der Waals surface area contributed by atoms with E-state index in [1.807, 2.05) is 6.92 Å². The molecule has 0 unspecified atom stereocenters. The molecule has 154 valence electrons. The van der Waals surface area contributed by atoms with Crippen molar-refractivity contribution in [3.05, 3.63) is 65.1 Å². The molecule has 1 aromatic heterocycles. The summed E-state index contributed by atoms with van der Waals surface area (Å²) in [7, 11) is -1.42. The number of hydrogen-bond donors (Lipinski definition) is 1. The average Bonchev–Trinajstić information content (AvgIpc) is 3.00.